The molecule has 0 amide bonds. The Morgan fingerprint density at radius 3 is 1.09 bits per heavy atom. The molecule has 0 spiro atoms. The summed E-state index contributed by atoms with van der Waals surface area (Å²) in [5.41, 5.74) is 0.0913. The van der Waals surface area contributed by atoms with E-state index in [9.17, 15) is 5.11 Å². The van der Waals surface area contributed by atoms with Crippen molar-refractivity contribution in [3.05, 3.63) is 48.6 Å². The molecule has 1 atom stereocenters. The van der Waals surface area contributed by atoms with Crippen LogP contribution in [0.4, 0.5) is 0 Å². The molecule has 0 aromatic carbocycles. The Morgan fingerprint density at radius 1 is 0.442 bits per heavy atom. The van der Waals surface area contributed by atoms with Gasteiger partial charge in [0.15, 0.2) is 0 Å². The molecule has 0 bridgehead atoms. The summed E-state index contributed by atoms with van der Waals surface area (Å²) < 4.78 is 0. The number of allylic oxidation sites excluding steroid dienone is 8. The van der Waals surface area contributed by atoms with Crippen LogP contribution < -0.4 is 0 Å². The molecular weight excluding hydrogens is 522 g/mol. The van der Waals surface area contributed by atoms with E-state index in [1.807, 2.05) is 0 Å². The number of aliphatic hydroxyl groups is 1. The molecule has 0 saturated heterocycles. The van der Waals surface area contributed by atoms with Gasteiger partial charge >= 0.3 is 0 Å². The fraction of sp³-hybridized carbons (Fsp3) is 0.805. The zero-order valence-corrected chi connectivity index (χ0v) is 29.8. The second-order valence-electron chi connectivity index (χ2n) is 13.6. The molecule has 1 N–H and O–H groups in total. The molecule has 0 aliphatic rings. The van der Waals surface area contributed by atoms with Gasteiger partial charge in [0.25, 0.3) is 0 Å². The second-order valence-corrected chi connectivity index (χ2v) is 13.6. The lowest BCUT2D eigenvalue weighted by Gasteiger charge is -2.35. The number of rotatable bonds is 33. The molecule has 0 radical (unpaired) electrons. The normalized spacial score (nSPS) is 14.0. The number of hydrogen-bond acceptors (Lipinski definition) is 2. The molecule has 0 heterocycles. The molecule has 0 aromatic rings. The highest BCUT2D eigenvalue weighted by Crippen LogP contribution is 2.32. The first-order chi connectivity index (χ1) is 21.1. The molecule has 0 aromatic heterocycles. The third-order valence-corrected chi connectivity index (χ3v) is 8.80. The van der Waals surface area contributed by atoms with E-state index in [4.69, 9.17) is 0 Å². The molecule has 2 nitrogen and oxygen atoms in total. The molecule has 2 heteroatoms. The van der Waals surface area contributed by atoms with Gasteiger partial charge in [-0.1, -0.05) is 152 Å². The van der Waals surface area contributed by atoms with Crippen molar-refractivity contribution < 1.29 is 5.11 Å². The zero-order chi connectivity index (χ0) is 31.5. The van der Waals surface area contributed by atoms with E-state index in [0.29, 0.717) is 6.61 Å². The van der Waals surface area contributed by atoms with Crippen molar-refractivity contribution in [2.45, 2.75) is 181 Å². The first-order valence-electron chi connectivity index (χ1n) is 19.0. The Hall–Kier alpha value is -1.12. The predicted molar refractivity (Wildman–Crippen MR) is 196 cm³/mol. The van der Waals surface area contributed by atoms with Crippen molar-refractivity contribution >= 4 is 0 Å². The summed E-state index contributed by atoms with van der Waals surface area (Å²) in [5.74, 6) is 0. The van der Waals surface area contributed by atoms with Crippen molar-refractivity contribution in [2.24, 2.45) is 5.41 Å². The van der Waals surface area contributed by atoms with Crippen LogP contribution in [0.2, 0.25) is 0 Å². The van der Waals surface area contributed by atoms with Gasteiger partial charge < -0.3 is 10.0 Å². The first kappa shape index (κ1) is 41.9. The van der Waals surface area contributed by atoms with E-state index >= 15 is 0 Å². The lowest BCUT2D eigenvalue weighted by molar-refractivity contribution is 0.0690. The average Bonchev–Trinajstić information content (AvgIpc) is 3.00. The predicted octanol–water partition coefficient (Wildman–Crippen LogP) is 12.9. The van der Waals surface area contributed by atoms with Crippen LogP contribution in [0.25, 0.3) is 0 Å². The summed E-state index contributed by atoms with van der Waals surface area (Å²) in [6.45, 7) is 5.89. The van der Waals surface area contributed by atoms with Gasteiger partial charge in [-0.25, -0.2) is 0 Å². The highest BCUT2D eigenvalue weighted by atomic mass is 16.3. The molecular formula is C41H77NO. The topological polar surface area (TPSA) is 23.5 Å². The van der Waals surface area contributed by atoms with Crippen LogP contribution in [0.1, 0.15) is 181 Å². The fourth-order valence-electron chi connectivity index (χ4n) is 6.14. The number of unbranched alkanes of at least 4 members (excludes halogenated alkanes) is 18. The van der Waals surface area contributed by atoms with Crippen LogP contribution in [-0.2, 0) is 0 Å². The lowest BCUT2D eigenvalue weighted by Crippen LogP contribution is -2.37. The van der Waals surface area contributed by atoms with E-state index in [-0.39, 0.29) is 5.41 Å². The third-order valence-electron chi connectivity index (χ3n) is 8.80. The lowest BCUT2D eigenvalue weighted by atomic mass is 9.78. The van der Waals surface area contributed by atoms with Crippen molar-refractivity contribution in [3.8, 4) is 0 Å². The van der Waals surface area contributed by atoms with Gasteiger partial charge in [-0.3, -0.25) is 0 Å². The molecule has 0 rings (SSSR count). The maximum atomic E-state index is 10.4. The molecule has 0 aliphatic heterocycles. The van der Waals surface area contributed by atoms with Crippen LogP contribution in [-0.4, -0.2) is 37.3 Å². The molecule has 0 saturated carbocycles. The Kier molecular flexibility index (Phi) is 32.9. The summed E-state index contributed by atoms with van der Waals surface area (Å²) in [6, 6.07) is 0. The minimum Gasteiger partial charge on any atom is -0.396 e. The SMILES string of the molecule is CCCCCC=CCC=CCCCCCCCCC(CO)(CCCCCCCC/C=C\C/C=C\CCCCC)CN(C)C. The maximum absolute atomic E-state index is 10.4. The minimum atomic E-state index is 0.0913. The molecule has 0 aliphatic carbocycles. The largest absolute Gasteiger partial charge is 0.396 e. The minimum absolute atomic E-state index is 0.0913. The number of hydrogen-bond donors (Lipinski definition) is 1. The summed E-state index contributed by atoms with van der Waals surface area (Å²) in [4.78, 5) is 2.29. The van der Waals surface area contributed by atoms with Crippen LogP contribution in [0.5, 0.6) is 0 Å². The standard InChI is InChI=1S/C41H77NO/c1-5-7-9-11-13-15-17-19-21-23-25-27-29-31-33-35-37-41(40-43,39-42(3)4)38-36-34-32-30-28-26-24-22-20-18-16-14-12-10-8-6-2/h13-16,19-22,43H,5-12,17-18,23-40H2,1-4H3/b15-13-,16-14?,21-19-,22-20?. The molecule has 43 heavy (non-hydrogen) atoms. The number of nitrogens with zero attached hydrogens (tertiary/aromatic N) is 1. The van der Waals surface area contributed by atoms with Crippen molar-refractivity contribution in [1.82, 2.24) is 4.90 Å². The van der Waals surface area contributed by atoms with E-state index in [0.717, 1.165) is 19.4 Å². The van der Waals surface area contributed by atoms with Crippen LogP contribution in [0.15, 0.2) is 48.6 Å². The second kappa shape index (κ2) is 33.8. The van der Waals surface area contributed by atoms with Crippen LogP contribution in [0, 0.1) is 5.41 Å². The smallest absolute Gasteiger partial charge is 0.0499 e. The Morgan fingerprint density at radius 2 is 0.767 bits per heavy atom. The monoisotopic (exact) mass is 600 g/mol. The van der Waals surface area contributed by atoms with Gasteiger partial charge in [-0.05, 0) is 91.1 Å². The summed E-state index contributed by atoms with van der Waals surface area (Å²) >= 11 is 0. The van der Waals surface area contributed by atoms with Gasteiger partial charge in [-0.2, -0.15) is 0 Å². The zero-order valence-electron chi connectivity index (χ0n) is 29.8. The van der Waals surface area contributed by atoms with Crippen LogP contribution >= 0.6 is 0 Å². The van der Waals surface area contributed by atoms with Crippen molar-refractivity contribution in [2.75, 3.05) is 27.2 Å². The van der Waals surface area contributed by atoms with E-state index in [1.165, 1.54) is 154 Å². The highest BCUT2D eigenvalue weighted by molar-refractivity contribution is 4.93. The molecule has 252 valence electrons. The van der Waals surface area contributed by atoms with E-state index < -0.39 is 0 Å². The van der Waals surface area contributed by atoms with Gasteiger partial charge in [0.2, 0.25) is 0 Å². The molecule has 0 fully saturated rings. The number of aliphatic hydroxyl groups excluding tert-OH is 1. The van der Waals surface area contributed by atoms with Gasteiger partial charge in [-0.15, -0.1) is 0 Å². The quantitative estimate of drug-likeness (QED) is 0.0599. The van der Waals surface area contributed by atoms with Gasteiger partial charge in [0, 0.05) is 18.6 Å². The third kappa shape index (κ3) is 30.7. The summed E-state index contributed by atoms with van der Waals surface area (Å²) in [6.07, 6.45) is 52.2. The fourth-order valence-corrected chi connectivity index (χ4v) is 6.14. The average molecular weight is 600 g/mol. The van der Waals surface area contributed by atoms with Crippen LogP contribution in [0.3, 0.4) is 0 Å². The Balaban J connectivity index is 3.89. The first-order valence-corrected chi connectivity index (χ1v) is 19.0. The summed E-state index contributed by atoms with van der Waals surface area (Å²) in [5, 5.41) is 10.4. The van der Waals surface area contributed by atoms with Crippen molar-refractivity contribution in [1.29, 1.82) is 0 Å². The maximum Gasteiger partial charge on any atom is 0.0499 e. The van der Waals surface area contributed by atoms with Gasteiger partial charge in [0.1, 0.15) is 0 Å². The van der Waals surface area contributed by atoms with Gasteiger partial charge in [0.05, 0.1) is 0 Å². The highest BCUT2D eigenvalue weighted by Gasteiger charge is 2.29. The summed E-state index contributed by atoms with van der Waals surface area (Å²) in [7, 11) is 4.34. The Labute approximate surface area is 271 Å². The Bertz CT molecular complexity index is 611. The van der Waals surface area contributed by atoms with E-state index in [1.54, 1.807) is 0 Å². The van der Waals surface area contributed by atoms with Crippen molar-refractivity contribution in [3.63, 3.8) is 0 Å². The van der Waals surface area contributed by atoms with E-state index in [2.05, 4.69) is 81.5 Å². The molecule has 1 unspecified atom stereocenters.